The highest BCUT2D eigenvalue weighted by atomic mass is 16.5. The van der Waals surface area contributed by atoms with Crippen LogP contribution in [0.3, 0.4) is 0 Å². The molecular weight excluding hydrogens is 252 g/mol. The summed E-state index contributed by atoms with van der Waals surface area (Å²) in [4.78, 5) is 31.1. The van der Waals surface area contributed by atoms with Gasteiger partial charge in [-0.15, -0.1) is 0 Å². The molecule has 0 spiro atoms. The monoisotopic (exact) mass is 266 g/mol. The van der Waals surface area contributed by atoms with E-state index in [9.17, 15) is 14.4 Å². The van der Waals surface area contributed by atoms with Crippen LogP contribution in [0.25, 0.3) is 0 Å². The Hall–Kier alpha value is -2.25. The van der Waals surface area contributed by atoms with Crippen LogP contribution >= 0.6 is 0 Å². The Morgan fingerprint density at radius 1 is 1.16 bits per heavy atom. The lowest BCUT2D eigenvalue weighted by Crippen LogP contribution is -2.24. The molecule has 7 heteroatoms. The van der Waals surface area contributed by atoms with E-state index in [2.05, 4.69) is 0 Å². The van der Waals surface area contributed by atoms with Crippen molar-refractivity contribution < 1.29 is 24.8 Å². The van der Waals surface area contributed by atoms with E-state index in [0.29, 0.717) is 10.8 Å². The first-order valence-corrected chi connectivity index (χ1v) is 5.52. The number of hydroxylamine groups is 3. The van der Waals surface area contributed by atoms with Gasteiger partial charge in [-0.2, -0.15) is 10.1 Å². The van der Waals surface area contributed by atoms with E-state index in [-0.39, 0.29) is 17.9 Å². The molecule has 1 fully saturated rings. The van der Waals surface area contributed by atoms with Gasteiger partial charge in [0.1, 0.15) is 0 Å². The van der Waals surface area contributed by atoms with Crippen LogP contribution in [-0.2, 0) is 14.4 Å². The van der Waals surface area contributed by atoms with Crippen molar-refractivity contribution in [2.45, 2.75) is 19.8 Å². The molecule has 1 aliphatic rings. The molecule has 0 saturated carbocycles. The van der Waals surface area contributed by atoms with Crippen LogP contribution in [0.5, 0.6) is 0 Å². The second kappa shape index (κ2) is 6.62. The summed E-state index contributed by atoms with van der Waals surface area (Å²) in [7, 11) is 0. The standard InChI is InChI=1S/C8H9NO2.C4H5NO3/c1-7(10)9(11)8-5-3-2-4-6-8;6-3-1-2-4(7)5(3)8/h2-6,11H,1H3;8H,1-2H2. The van der Waals surface area contributed by atoms with Gasteiger partial charge in [0.2, 0.25) is 5.91 Å². The molecule has 0 atom stereocenters. The quantitative estimate of drug-likeness (QED) is 0.448. The third kappa shape index (κ3) is 4.16. The molecule has 0 unspecified atom stereocenters. The maximum absolute atomic E-state index is 10.6. The molecule has 19 heavy (non-hydrogen) atoms. The third-order valence-corrected chi connectivity index (χ3v) is 2.32. The molecule has 3 amide bonds. The molecule has 0 bridgehead atoms. The highest BCUT2D eigenvalue weighted by Crippen LogP contribution is 2.10. The molecule has 7 nitrogen and oxygen atoms in total. The number of carbonyl (C=O) groups excluding carboxylic acids is 3. The van der Waals surface area contributed by atoms with Crippen molar-refractivity contribution in [3.05, 3.63) is 30.3 Å². The SMILES string of the molecule is CC(=O)N(O)c1ccccc1.O=C1CCC(=O)N1O. The topological polar surface area (TPSA) is 98.2 Å². The molecule has 1 aliphatic heterocycles. The van der Waals surface area contributed by atoms with Crippen LogP contribution in [0.1, 0.15) is 19.8 Å². The van der Waals surface area contributed by atoms with Crippen molar-refractivity contribution >= 4 is 23.4 Å². The van der Waals surface area contributed by atoms with E-state index >= 15 is 0 Å². The average molecular weight is 266 g/mol. The van der Waals surface area contributed by atoms with Crippen LogP contribution in [0.2, 0.25) is 0 Å². The van der Waals surface area contributed by atoms with Crippen molar-refractivity contribution in [2.24, 2.45) is 0 Å². The molecule has 0 aliphatic carbocycles. The molecule has 1 aromatic carbocycles. The van der Waals surface area contributed by atoms with Gasteiger partial charge in [0.25, 0.3) is 11.8 Å². The minimum atomic E-state index is -0.505. The van der Waals surface area contributed by atoms with Crippen molar-refractivity contribution in [3.8, 4) is 0 Å². The Morgan fingerprint density at radius 2 is 1.63 bits per heavy atom. The number of hydrogen-bond acceptors (Lipinski definition) is 5. The van der Waals surface area contributed by atoms with Crippen LogP contribution in [0.15, 0.2) is 30.3 Å². The molecule has 2 N–H and O–H groups in total. The second-order valence-corrected chi connectivity index (χ2v) is 3.77. The summed E-state index contributed by atoms with van der Waals surface area (Å²) in [5, 5.41) is 18.3. The van der Waals surface area contributed by atoms with Gasteiger partial charge in [0.15, 0.2) is 0 Å². The van der Waals surface area contributed by atoms with Gasteiger partial charge in [-0.25, -0.2) is 0 Å². The smallest absolute Gasteiger partial charge is 0.253 e. The van der Waals surface area contributed by atoms with Crippen molar-refractivity contribution in [3.63, 3.8) is 0 Å². The summed E-state index contributed by atoms with van der Waals surface area (Å²) in [6.45, 7) is 1.30. The van der Waals surface area contributed by atoms with Crippen molar-refractivity contribution in [1.82, 2.24) is 5.06 Å². The molecule has 0 aromatic heterocycles. The fourth-order valence-electron chi connectivity index (χ4n) is 1.32. The lowest BCUT2D eigenvalue weighted by Gasteiger charge is -2.11. The Morgan fingerprint density at radius 3 is 1.95 bits per heavy atom. The second-order valence-electron chi connectivity index (χ2n) is 3.77. The number of rotatable bonds is 1. The maximum atomic E-state index is 10.6. The molecule has 1 heterocycles. The first-order valence-electron chi connectivity index (χ1n) is 5.52. The first-order chi connectivity index (χ1) is 8.93. The Labute approximate surface area is 109 Å². The lowest BCUT2D eigenvalue weighted by atomic mass is 10.3. The van der Waals surface area contributed by atoms with Gasteiger partial charge in [0.05, 0.1) is 5.69 Å². The highest BCUT2D eigenvalue weighted by molar-refractivity contribution is 6.00. The highest BCUT2D eigenvalue weighted by Gasteiger charge is 2.26. The minimum Gasteiger partial charge on any atom is -0.281 e. The van der Waals surface area contributed by atoms with Crippen LogP contribution in [0.4, 0.5) is 5.69 Å². The van der Waals surface area contributed by atoms with Crippen molar-refractivity contribution in [2.75, 3.05) is 5.06 Å². The summed E-state index contributed by atoms with van der Waals surface area (Å²) in [5.41, 5.74) is 0.486. The Balaban J connectivity index is 0.000000200. The lowest BCUT2D eigenvalue weighted by molar-refractivity contribution is -0.171. The summed E-state index contributed by atoms with van der Waals surface area (Å²) >= 11 is 0. The van der Waals surface area contributed by atoms with Crippen molar-refractivity contribution in [1.29, 1.82) is 0 Å². The predicted octanol–water partition coefficient (Wildman–Crippen LogP) is 0.953. The predicted molar refractivity (Wildman–Crippen MR) is 64.3 cm³/mol. The van der Waals surface area contributed by atoms with Crippen LogP contribution < -0.4 is 5.06 Å². The number of nitrogens with zero attached hydrogens (tertiary/aromatic N) is 2. The number of imide groups is 1. The van der Waals surface area contributed by atoms with Crippen LogP contribution in [-0.4, -0.2) is 33.2 Å². The van der Waals surface area contributed by atoms with Crippen LogP contribution in [0, 0.1) is 0 Å². The molecule has 2 rings (SSSR count). The fraction of sp³-hybridized carbons (Fsp3) is 0.250. The van der Waals surface area contributed by atoms with E-state index in [1.54, 1.807) is 24.3 Å². The number of hydrogen-bond donors (Lipinski definition) is 2. The zero-order valence-electron chi connectivity index (χ0n) is 10.3. The molecule has 1 saturated heterocycles. The Bertz CT molecular complexity index is 458. The zero-order chi connectivity index (χ0) is 14.4. The van der Waals surface area contributed by atoms with Gasteiger partial charge in [0, 0.05) is 19.8 Å². The fourth-order valence-corrected chi connectivity index (χ4v) is 1.32. The van der Waals surface area contributed by atoms with Gasteiger partial charge in [-0.3, -0.25) is 24.8 Å². The first kappa shape index (κ1) is 14.8. The number of amides is 3. The molecule has 102 valence electrons. The Kier molecular flexibility index (Phi) is 5.16. The van der Waals surface area contributed by atoms with E-state index in [0.717, 1.165) is 0 Å². The summed E-state index contributed by atoms with van der Waals surface area (Å²) < 4.78 is 0. The molecule has 1 aromatic rings. The largest absolute Gasteiger partial charge is 0.281 e. The van der Waals surface area contributed by atoms with Gasteiger partial charge < -0.3 is 0 Å². The summed E-state index contributed by atoms with van der Waals surface area (Å²) in [6.07, 6.45) is 0.296. The summed E-state index contributed by atoms with van der Waals surface area (Å²) in [6, 6.07) is 8.63. The van der Waals surface area contributed by atoms with E-state index in [1.165, 1.54) is 6.92 Å². The minimum absolute atomic E-state index is 0.148. The molecule has 0 radical (unpaired) electrons. The van der Waals surface area contributed by atoms with Gasteiger partial charge >= 0.3 is 0 Å². The number of para-hydroxylation sites is 1. The van der Waals surface area contributed by atoms with E-state index < -0.39 is 17.7 Å². The average Bonchev–Trinajstić information content (AvgIpc) is 2.71. The van der Waals surface area contributed by atoms with Gasteiger partial charge in [-0.05, 0) is 12.1 Å². The third-order valence-electron chi connectivity index (χ3n) is 2.32. The number of anilines is 1. The molecular formula is C12H14N2O5. The zero-order valence-corrected chi connectivity index (χ0v) is 10.3. The van der Waals surface area contributed by atoms with E-state index in [4.69, 9.17) is 10.4 Å². The van der Waals surface area contributed by atoms with Gasteiger partial charge in [-0.1, -0.05) is 18.2 Å². The summed E-state index contributed by atoms with van der Waals surface area (Å²) in [5.74, 6) is -1.40. The number of benzene rings is 1. The maximum Gasteiger partial charge on any atom is 0.253 e. The number of carbonyl (C=O) groups is 3. The van der Waals surface area contributed by atoms with E-state index in [1.807, 2.05) is 6.07 Å². The normalized spacial score (nSPS) is 13.9.